The predicted octanol–water partition coefficient (Wildman–Crippen LogP) is 3.76. The number of para-hydroxylation sites is 1. The standard InChI is InChI=1S/C14H18F2N2O/c1-2-10-6-3-4-9-18(10)14(19)17-13-11(15)7-5-8-12(13)16/h5,7-8,10H,2-4,6,9H2,1H3,(H,17,19). The first-order valence-corrected chi connectivity index (χ1v) is 6.65. The average molecular weight is 268 g/mol. The van der Waals surface area contributed by atoms with Gasteiger partial charge in [-0.1, -0.05) is 13.0 Å². The lowest BCUT2D eigenvalue weighted by molar-refractivity contribution is 0.160. The summed E-state index contributed by atoms with van der Waals surface area (Å²) in [5, 5.41) is 2.35. The summed E-state index contributed by atoms with van der Waals surface area (Å²) in [7, 11) is 0. The molecule has 104 valence electrons. The molecule has 19 heavy (non-hydrogen) atoms. The molecule has 3 nitrogen and oxygen atoms in total. The molecule has 5 heteroatoms. The summed E-state index contributed by atoms with van der Waals surface area (Å²) < 4.78 is 27.0. The van der Waals surface area contributed by atoms with Crippen LogP contribution in [-0.4, -0.2) is 23.5 Å². The van der Waals surface area contributed by atoms with Gasteiger partial charge in [0.1, 0.15) is 17.3 Å². The van der Waals surface area contributed by atoms with Crippen LogP contribution in [0.2, 0.25) is 0 Å². The lowest BCUT2D eigenvalue weighted by Gasteiger charge is -2.35. The molecular formula is C14H18F2N2O. The Hall–Kier alpha value is -1.65. The van der Waals surface area contributed by atoms with E-state index in [0.717, 1.165) is 37.8 Å². The first kappa shape index (κ1) is 13.8. The van der Waals surface area contributed by atoms with Gasteiger partial charge in [0, 0.05) is 12.6 Å². The number of carbonyl (C=O) groups is 1. The van der Waals surface area contributed by atoms with Gasteiger partial charge in [-0.2, -0.15) is 0 Å². The van der Waals surface area contributed by atoms with Crippen molar-refractivity contribution in [2.24, 2.45) is 0 Å². The van der Waals surface area contributed by atoms with Crippen LogP contribution in [0.3, 0.4) is 0 Å². The Morgan fingerprint density at radius 1 is 1.37 bits per heavy atom. The van der Waals surface area contributed by atoms with E-state index in [0.29, 0.717) is 6.54 Å². The Balaban J connectivity index is 2.12. The van der Waals surface area contributed by atoms with Crippen molar-refractivity contribution in [1.82, 2.24) is 4.90 Å². The second kappa shape index (κ2) is 5.99. The van der Waals surface area contributed by atoms with Crippen LogP contribution in [0.15, 0.2) is 18.2 Å². The zero-order valence-electron chi connectivity index (χ0n) is 11.0. The van der Waals surface area contributed by atoms with Crippen molar-refractivity contribution in [1.29, 1.82) is 0 Å². The first-order valence-electron chi connectivity index (χ1n) is 6.65. The Morgan fingerprint density at radius 2 is 2.05 bits per heavy atom. The van der Waals surface area contributed by atoms with Gasteiger partial charge in [-0.3, -0.25) is 0 Å². The van der Waals surface area contributed by atoms with Gasteiger partial charge in [0.25, 0.3) is 0 Å². The Bertz CT molecular complexity index is 445. The Kier molecular flexibility index (Phi) is 4.35. The van der Waals surface area contributed by atoms with Crippen molar-refractivity contribution in [3.8, 4) is 0 Å². The minimum absolute atomic E-state index is 0.156. The van der Waals surface area contributed by atoms with Crippen molar-refractivity contribution < 1.29 is 13.6 Å². The number of amides is 2. The van der Waals surface area contributed by atoms with Gasteiger partial charge in [0.2, 0.25) is 0 Å². The third-order valence-corrected chi connectivity index (χ3v) is 3.55. The molecule has 2 rings (SSSR count). The minimum Gasteiger partial charge on any atom is -0.322 e. The number of likely N-dealkylation sites (tertiary alicyclic amines) is 1. The van der Waals surface area contributed by atoms with Gasteiger partial charge in [-0.05, 0) is 37.8 Å². The van der Waals surface area contributed by atoms with Gasteiger partial charge in [0.15, 0.2) is 0 Å². The van der Waals surface area contributed by atoms with Crippen LogP contribution in [-0.2, 0) is 0 Å². The molecule has 0 radical (unpaired) electrons. The molecule has 1 unspecified atom stereocenters. The maximum Gasteiger partial charge on any atom is 0.322 e. The number of nitrogens with zero attached hydrogens (tertiary/aromatic N) is 1. The van der Waals surface area contributed by atoms with Crippen molar-refractivity contribution in [2.75, 3.05) is 11.9 Å². The van der Waals surface area contributed by atoms with Crippen molar-refractivity contribution in [2.45, 2.75) is 38.6 Å². The van der Waals surface area contributed by atoms with E-state index in [-0.39, 0.29) is 11.7 Å². The van der Waals surface area contributed by atoms with Crippen LogP contribution in [0, 0.1) is 11.6 Å². The highest BCUT2D eigenvalue weighted by atomic mass is 19.1. The molecule has 1 aliphatic heterocycles. The number of urea groups is 1. The summed E-state index contributed by atoms with van der Waals surface area (Å²) in [6, 6.07) is 3.27. The number of halogens is 2. The molecule has 0 bridgehead atoms. The smallest absolute Gasteiger partial charge is 0.322 e. The number of carbonyl (C=O) groups excluding carboxylic acids is 1. The predicted molar refractivity (Wildman–Crippen MR) is 70.0 cm³/mol. The van der Waals surface area contributed by atoms with E-state index >= 15 is 0 Å². The number of benzene rings is 1. The van der Waals surface area contributed by atoms with E-state index < -0.39 is 17.7 Å². The SMILES string of the molecule is CCC1CCCCN1C(=O)Nc1c(F)cccc1F. The third kappa shape index (κ3) is 3.03. The van der Waals surface area contributed by atoms with Crippen molar-refractivity contribution in [3.05, 3.63) is 29.8 Å². The van der Waals surface area contributed by atoms with Crippen LogP contribution in [0.4, 0.5) is 19.3 Å². The molecule has 1 aliphatic rings. The summed E-state index contributed by atoms with van der Waals surface area (Å²) in [5.41, 5.74) is -0.368. The number of hydrogen-bond acceptors (Lipinski definition) is 1. The maximum atomic E-state index is 13.5. The molecule has 1 saturated heterocycles. The molecule has 1 atom stereocenters. The fraction of sp³-hybridized carbons (Fsp3) is 0.500. The molecule has 2 amide bonds. The molecule has 1 aromatic carbocycles. The maximum absolute atomic E-state index is 13.5. The van der Waals surface area contributed by atoms with Crippen LogP contribution >= 0.6 is 0 Å². The highest BCUT2D eigenvalue weighted by molar-refractivity contribution is 5.89. The molecular weight excluding hydrogens is 250 g/mol. The highest BCUT2D eigenvalue weighted by Gasteiger charge is 2.26. The van der Waals surface area contributed by atoms with Gasteiger partial charge in [-0.15, -0.1) is 0 Å². The van der Waals surface area contributed by atoms with Crippen LogP contribution in [0.25, 0.3) is 0 Å². The zero-order valence-corrected chi connectivity index (χ0v) is 11.0. The van der Waals surface area contributed by atoms with Crippen LogP contribution in [0.5, 0.6) is 0 Å². The lowest BCUT2D eigenvalue weighted by Crippen LogP contribution is -2.45. The molecule has 1 fully saturated rings. The normalized spacial score (nSPS) is 19.3. The number of piperidine rings is 1. The topological polar surface area (TPSA) is 32.3 Å². The summed E-state index contributed by atoms with van der Waals surface area (Å²) in [5.74, 6) is -1.50. The fourth-order valence-electron chi connectivity index (χ4n) is 2.49. The molecule has 1 heterocycles. The summed E-state index contributed by atoms with van der Waals surface area (Å²) in [6.07, 6.45) is 3.83. The number of rotatable bonds is 2. The van der Waals surface area contributed by atoms with E-state index in [1.54, 1.807) is 4.90 Å². The molecule has 1 aromatic rings. The van der Waals surface area contributed by atoms with Crippen molar-refractivity contribution in [3.63, 3.8) is 0 Å². The Morgan fingerprint density at radius 3 is 2.68 bits per heavy atom. The quantitative estimate of drug-likeness (QED) is 0.870. The number of anilines is 1. The van der Waals surface area contributed by atoms with Gasteiger partial charge in [-0.25, -0.2) is 13.6 Å². The summed E-state index contributed by atoms with van der Waals surface area (Å²) >= 11 is 0. The van der Waals surface area contributed by atoms with Crippen LogP contribution < -0.4 is 5.32 Å². The largest absolute Gasteiger partial charge is 0.322 e. The van der Waals surface area contributed by atoms with Gasteiger partial charge in [0.05, 0.1) is 0 Å². The molecule has 1 N–H and O–H groups in total. The second-order valence-corrected chi connectivity index (χ2v) is 4.78. The average Bonchev–Trinajstić information content (AvgIpc) is 2.42. The first-order chi connectivity index (χ1) is 9.13. The molecule has 0 saturated carbocycles. The summed E-state index contributed by atoms with van der Waals surface area (Å²) in [4.78, 5) is 13.8. The highest BCUT2D eigenvalue weighted by Crippen LogP contribution is 2.23. The minimum atomic E-state index is -0.751. The number of hydrogen-bond donors (Lipinski definition) is 1. The Labute approximate surface area is 111 Å². The molecule has 0 aliphatic carbocycles. The summed E-state index contributed by atoms with van der Waals surface area (Å²) in [6.45, 7) is 2.65. The third-order valence-electron chi connectivity index (χ3n) is 3.55. The van der Waals surface area contributed by atoms with E-state index in [9.17, 15) is 13.6 Å². The second-order valence-electron chi connectivity index (χ2n) is 4.78. The molecule has 0 spiro atoms. The van der Waals surface area contributed by atoms with Gasteiger partial charge >= 0.3 is 6.03 Å². The lowest BCUT2D eigenvalue weighted by atomic mass is 10.0. The van der Waals surface area contributed by atoms with E-state index in [1.165, 1.54) is 6.07 Å². The zero-order chi connectivity index (χ0) is 13.8. The number of nitrogens with one attached hydrogen (secondary N) is 1. The van der Waals surface area contributed by atoms with E-state index in [2.05, 4.69) is 5.32 Å². The fourth-order valence-corrected chi connectivity index (χ4v) is 2.49. The van der Waals surface area contributed by atoms with E-state index in [1.807, 2.05) is 6.92 Å². The monoisotopic (exact) mass is 268 g/mol. The van der Waals surface area contributed by atoms with Gasteiger partial charge < -0.3 is 10.2 Å². The molecule has 0 aromatic heterocycles. The van der Waals surface area contributed by atoms with Crippen molar-refractivity contribution >= 4 is 11.7 Å². The van der Waals surface area contributed by atoms with E-state index in [4.69, 9.17) is 0 Å². The van der Waals surface area contributed by atoms with Crippen LogP contribution in [0.1, 0.15) is 32.6 Å².